The Hall–Kier alpha value is -1.89. The van der Waals surface area contributed by atoms with Gasteiger partial charge in [-0.25, -0.2) is 0 Å². The highest BCUT2D eigenvalue weighted by Gasteiger charge is 2.49. The summed E-state index contributed by atoms with van der Waals surface area (Å²) in [6.45, 7) is 7.90. The van der Waals surface area contributed by atoms with Gasteiger partial charge in [-0.2, -0.15) is 0 Å². The molecule has 1 aromatic heterocycles. The third-order valence-electron chi connectivity index (χ3n) is 5.18. The number of amides is 2. The summed E-state index contributed by atoms with van der Waals surface area (Å²) in [7, 11) is 1.62. The Balaban J connectivity index is 1.73. The van der Waals surface area contributed by atoms with Crippen molar-refractivity contribution in [2.75, 3.05) is 20.1 Å². The van der Waals surface area contributed by atoms with Gasteiger partial charge < -0.3 is 14.7 Å². The van der Waals surface area contributed by atoms with Gasteiger partial charge in [0, 0.05) is 45.2 Å². The fourth-order valence-corrected chi connectivity index (χ4v) is 4.05. The maximum absolute atomic E-state index is 12.1. The first-order valence-electron chi connectivity index (χ1n) is 8.07. The summed E-state index contributed by atoms with van der Waals surface area (Å²) in [6.07, 6.45) is 0.738. The van der Waals surface area contributed by atoms with E-state index in [1.807, 2.05) is 13.8 Å². The molecule has 2 saturated heterocycles. The van der Waals surface area contributed by atoms with Gasteiger partial charge in [0.2, 0.25) is 11.8 Å². The maximum Gasteiger partial charge on any atom is 0.242 e. The van der Waals surface area contributed by atoms with E-state index < -0.39 is 0 Å². The van der Waals surface area contributed by atoms with Gasteiger partial charge >= 0.3 is 0 Å². The second kappa shape index (κ2) is 5.96. The molecule has 7 heteroatoms. The van der Waals surface area contributed by atoms with E-state index >= 15 is 0 Å². The van der Waals surface area contributed by atoms with E-state index in [1.165, 1.54) is 0 Å². The minimum absolute atomic E-state index is 0.0229. The standard InChI is InChI=1S/C16H24N4O3/c1-9-13(10(2)23-18-9)7-19-6-12-5-14(16(22)17-4)20(11(3)21)15(12)8-19/h12,14-15H,5-8H2,1-4H3,(H,17,22)/t12-,14-,15+/m0/s1. The summed E-state index contributed by atoms with van der Waals surface area (Å²) < 4.78 is 5.23. The molecule has 2 amide bonds. The number of aryl methyl sites for hydroxylation is 2. The summed E-state index contributed by atoms with van der Waals surface area (Å²) in [5.41, 5.74) is 2.05. The monoisotopic (exact) mass is 320 g/mol. The van der Waals surface area contributed by atoms with Gasteiger partial charge in [0.15, 0.2) is 0 Å². The van der Waals surface area contributed by atoms with Crippen LogP contribution in [0.2, 0.25) is 0 Å². The van der Waals surface area contributed by atoms with Gasteiger partial charge in [0.05, 0.1) is 5.69 Å². The Morgan fingerprint density at radius 1 is 1.35 bits per heavy atom. The molecule has 0 aliphatic carbocycles. The zero-order valence-corrected chi connectivity index (χ0v) is 14.1. The Kier molecular flexibility index (Phi) is 4.14. The third-order valence-corrected chi connectivity index (χ3v) is 5.18. The van der Waals surface area contributed by atoms with E-state index in [-0.39, 0.29) is 23.9 Å². The highest BCUT2D eigenvalue weighted by Crippen LogP contribution is 2.36. The molecule has 2 fully saturated rings. The number of hydrogen-bond donors (Lipinski definition) is 1. The van der Waals surface area contributed by atoms with Crippen LogP contribution in [0.1, 0.15) is 30.4 Å². The fourth-order valence-electron chi connectivity index (χ4n) is 4.05. The van der Waals surface area contributed by atoms with E-state index in [9.17, 15) is 9.59 Å². The smallest absolute Gasteiger partial charge is 0.242 e. The van der Waals surface area contributed by atoms with Crippen LogP contribution in [0.4, 0.5) is 0 Å². The van der Waals surface area contributed by atoms with E-state index in [0.29, 0.717) is 5.92 Å². The highest BCUT2D eigenvalue weighted by molar-refractivity contribution is 5.87. The van der Waals surface area contributed by atoms with E-state index in [0.717, 1.165) is 43.1 Å². The van der Waals surface area contributed by atoms with Crippen LogP contribution in [0, 0.1) is 19.8 Å². The van der Waals surface area contributed by atoms with Crippen LogP contribution in [0.15, 0.2) is 4.52 Å². The van der Waals surface area contributed by atoms with Crippen molar-refractivity contribution >= 4 is 11.8 Å². The van der Waals surface area contributed by atoms with Crippen molar-refractivity contribution in [3.63, 3.8) is 0 Å². The number of aromatic nitrogens is 1. The lowest BCUT2D eigenvalue weighted by molar-refractivity contribution is -0.138. The lowest BCUT2D eigenvalue weighted by Gasteiger charge is -2.28. The minimum Gasteiger partial charge on any atom is -0.361 e. The predicted molar refractivity (Wildman–Crippen MR) is 83.5 cm³/mol. The quantitative estimate of drug-likeness (QED) is 0.875. The van der Waals surface area contributed by atoms with E-state index in [2.05, 4.69) is 15.4 Å². The zero-order chi connectivity index (χ0) is 16.7. The summed E-state index contributed by atoms with van der Waals surface area (Å²) >= 11 is 0. The van der Waals surface area contributed by atoms with Crippen molar-refractivity contribution in [3.8, 4) is 0 Å². The molecule has 0 unspecified atom stereocenters. The second-order valence-corrected chi connectivity index (χ2v) is 6.62. The fraction of sp³-hybridized carbons (Fsp3) is 0.688. The topological polar surface area (TPSA) is 78.7 Å². The number of nitrogens with one attached hydrogen (secondary N) is 1. The average Bonchev–Trinajstić information content (AvgIpc) is 3.13. The molecule has 2 aliphatic heterocycles. The molecule has 0 spiro atoms. The van der Waals surface area contributed by atoms with Crippen LogP contribution in [-0.2, 0) is 16.1 Å². The van der Waals surface area contributed by atoms with Gasteiger partial charge in [0.1, 0.15) is 11.8 Å². The summed E-state index contributed by atoms with van der Waals surface area (Å²) in [6, 6.07) is -0.205. The number of hydrogen-bond acceptors (Lipinski definition) is 5. The van der Waals surface area contributed by atoms with E-state index in [4.69, 9.17) is 4.52 Å². The first-order valence-corrected chi connectivity index (χ1v) is 8.07. The zero-order valence-electron chi connectivity index (χ0n) is 14.1. The second-order valence-electron chi connectivity index (χ2n) is 6.62. The lowest BCUT2D eigenvalue weighted by atomic mass is 10.0. The average molecular weight is 320 g/mol. The molecule has 3 heterocycles. The van der Waals surface area contributed by atoms with E-state index in [1.54, 1.807) is 18.9 Å². The molecule has 0 aromatic carbocycles. The summed E-state index contributed by atoms with van der Waals surface area (Å²) in [4.78, 5) is 28.2. The van der Waals surface area contributed by atoms with Gasteiger partial charge in [-0.1, -0.05) is 5.16 Å². The molecular formula is C16H24N4O3. The molecule has 0 saturated carbocycles. The maximum atomic E-state index is 12.1. The minimum atomic E-state index is -0.325. The number of fused-ring (bicyclic) bond motifs is 1. The predicted octanol–water partition coefficient (Wildman–Crippen LogP) is 0.459. The lowest BCUT2D eigenvalue weighted by Crippen LogP contribution is -2.49. The summed E-state index contributed by atoms with van der Waals surface area (Å²) in [5, 5.41) is 6.68. The van der Waals surface area contributed by atoms with Gasteiger partial charge in [-0.3, -0.25) is 14.5 Å². The Bertz CT molecular complexity index is 607. The normalized spacial score (nSPS) is 27.3. The van der Waals surface area contributed by atoms with Crippen LogP contribution >= 0.6 is 0 Å². The molecule has 1 aromatic rings. The van der Waals surface area contributed by atoms with Crippen molar-refractivity contribution in [2.24, 2.45) is 5.92 Å². The largest absolute Gasteiger partial charge is 0.361 e. The van der Waals surface area contributed by atoms with Crippen LogP contribution in [0.5, 0.6) is 0 Å². The third kappa shape index (κ3) is 2.73. The van der Waals surface area contributed by atoms with Crippen molar-refractivity contribution in [1.29, 1.82) is 0 Å². The molecule has 23 heavy (non-hydrogen) atoms. The van der Waals surface area contributed by atoms with Crippen LogP contribution in [0.25, 0.3) is 0 Å². The number of rotatable bonds is 3. The Morgan fingerprint density at radius 2 is 2.09 bits per heavy atom. The SMILES string of the molecule is CNC(=O)[C@@H]1C[C@H]2CN(Cc3c(C)noc3C)C[C@H]2N1C(C)=O. The van der Waals surface area contributed by atoms with Crippen molar-refractivity contribution < 1.29 is 14.1 Å². The molecule has 126 valence electrons. The van der Waals surface area contributed by atoms with Crippen LogP contribution in [-0.4, -0.2) is 59.0 Å². The van der Waals surface area contributed by atoms with Crippen LogP contribution in [0.3, 0.4) is 0 Å². The van der Waals surface area contributed by atoms with Crippen molar-refractivity contribution in [3.05, 3.63) is 17.0 Å². The first-order chi connectivity index (χ1) is 10.9. The number of nitrogens with zero attached hydrogens (tertiary/aromatic N) is 3. The first kappa shape index (κ1) is 16.0. The van der Waals surface area contributed by atoms with Gasteiger partial charge in [0.25, 0.3) is 0 Å². The molecule has 3 rings (SSSR count). The Labute approximate surface area is 136 Å². The molecule has 0 bridgehead atoms. The molecule has 0 radical (unpaired) electrons. The van der Waals surface area contributed by atoms with Gasteiger partial charge in [-0.15, -0.1) is 0 Å². The molecule has 7 nitrogen and oxygen atoms in total. The number of likely N-dealkylation sites (N-methyl/N-ethyl adjacent to an activating group) is 1. The summed E-state index contributed by atoms with van der Waals surface area (Å²) in [5.74, 6) is 1.12. The molecule has 3 atom stereocenters. The highest BCUT2D eigenvalue weighted by atomic mass is 16.5. The van der Waals surface area contributed by atoms with Crippen molar-refractivity contribution in [2.45, 2.75) is 45.8 Å². The Morgan fingerprint density at radius 3 is 2.65 bits per heavy atom. The van der Waals surface area contributed by atoms with Crippen LogP contribution < -0.4 is 5.32 Å². The molecule has 1 N–H and O–H groups in total. The number of likely N-dealkylation sites (tertiary alicyclic amines) is 2. The number of carbonyl (C=O) groups excluding carboxylic acids is 2. The van der Waals surface area contributed by atoms with Gasteiger partial charge in [-0.05, 0) is 26.2 Å². The number of carbonyl (C=O) groups is 2. The molecule has 2 aliphatic rings. The molecular weight excluding hydrogens is 296 g/mol. The van der Waals surface area contributed by atoms with Crippen molar-refractivity contribution in [1.82, 2.24) is 20.3 Å².